The monoisotopic (exact) mass is 165 g/mol. The maximum atomic E-state index is 10.6. The molecule has 3 heteroatoms. The van der Waals surface area contributed by atoms with E-state index in [0.29, 0.717) is 0 Å². The van der Waals surface area contributed by atoms with Crippen LogP contribution in [0.25, 0.3) is 4.83 Å². The maximum Gasteiger partial charge on any atom is 0.153 e. The fourth-order valence-electron chi connectivity index (χ4n) is 1.18. The van der Waals surface area contributed by atoms with Crippen molar-refractivity contribution < 1.29 is 4.79 Å². The molecule has 0 aliphatic rings. The molecule has 0 aromatic carbocycles. The smallest absolute Gasteiger partial charge is 0.153 e. The Labute approximate surface area is 68.1 Å². The Balaban J connectivity index is 2.90. The van der Waals surface area contributed by atoms with Crippen LogP contribution in [0.4, 0.5) is 0 Å². The van der Waals surface area contributed by atoms with Crippen LogP contribution in [0, 0.1) is 6.92 Å². The average molecular weight is 165 g/mol. The molecule has 0 amide bonds. The Morgan fingerprint density at radius 2 is 2.45 bits per heavy atom. The summed E-state index contributed by atoms with van der Waals surface area (Å²) in [5.74, 6) is 0. The molecule has 2 rings (SSSR count). The Morgan fingerprint density at radius 1 is 1.64 bits per heavy atom. The molecule has 0 saturated heterocycles. The van der Waals surface area contributed by atoms with E-state index in [2.05, 4.69) is 0 Å². The van der Waals surface area contributed by atoms with Gasteiger partial charge in [0, 0.05) is 17.8 Å². The summed E-state index contributed by atoms with van der Waals surface area (Å²) < 4.78 is 1.98. The normalized spacial score (nSPS) is 10.6. The van der Waals surface area contributed by atoms with Crippen molar-refractivity contribution >= 4 is 22.5 Å². The lowest BCUT2D eigenvalue weighted by atomic mass is 10.2. The second-order valence-corrected chi connectivity index (χ2v) is 3.35. The van der Waals surface area contributed by atoms with Crippen LogP contribution in [0.5, 0.6) is 0 Å². The van der Waals surface area contributed by atoms with Gasteiger partial charge in [0.05, 0.1) is 5.56 Å². The minimum absolute atomic E-state index is 0.819. The van der Waals surface area contributed by atoms with E-state index in [-0.39, 0.29) is 0 Å². The van der Waals surface area contributed by atoms with Gasteiger partial charge in [0.25, 0.3) is 0 Å². The van der Waals surface area contributed by atoms with Crippen LogP contribution in [0.3, 0.4) is 0 Å². The quantitative estimate of drug-likeness (QED) is 0.593. The van der Waals surface area contributed by atoms with Crippen LogP contribution in [-0.4, -0.2) is 10.7 Å². The van der Waals surface area contributed by atoms with Crippen molar-refractivity contribution in [2.24, 2.45) is 0 Å². The van der Waals surface area contributed by atoms with Gasteiger partial charge in [0.15, 0.2) is 6.29 Å². The number of aryl methyl sites for hydroxylation is 1. The minimum Gasteiger partial charge on any atom is -0.314 e. The van der Waals surface area contributed by atoms with Gasteiger partial charge in [-0.15, -0.1) is 11.3 Å². The number of hydrogen-bond donors (Lipinski definition) is 0. The number of thiazole rings is 1. The van der Waals surface area contributed by atoms with Gasteiger partial charge in [-0.3, -0.25) is 4.79 Å². The molecule has 2 aromatic rings. The van der Waals surface area contributed by atoms with Crippen LogP contribution in [-0.2, 0) is 0 Å². The second kappa shape index (κ2) is 2.20. The Kier molecular flexibility index (Phi) is 1.32. The van der Waals surface area contributed by atoms with Crippen LogP contribution in [0.2, 0.25) is 0 Å². The van der Waals surface area contributed by atoms with Crippen molar-refractivity contribution in [1.29, 1.82) is 0 Å². The number of nitrogens with zero attached hydrogens (tertiary/aromatic N) is 1. The third kappa shape index (κ3) is 0.811. The van der Waals surface area contributed by atoms with E-state index in [1.54, 1.807) is 11.3 Å². The van der Waals surface area contributed by atoms with Crippen LogP contribution in [0.15, 0.2) is 17.8 Å². The first kappa shape index (κ1) is 6.61. The molecule has 2 aromatic heterocycles. The highest BCUT2D eigenvalue weighted by Gasteiger charge is 2.05. The van der Waals surface area contributed by atoms with E-state index >= 15 is 0 Å². The van der Waals surface area contributed by atoms with Crippen LogP contribution < -0.4 is 0 Å². The lowest BCUT2D eigenvalue weighted by Crippen LogP contribution is -1.76. The number of aromatic nitrogens is 1. The molecule has 0 saturated carbocycles. The fraction of sp³-hybridized carbons (Fsp3) is 0.125. The number of carbonyl (C=O) groups excluding carboxylic acids is 1. The molecule has 2 nitrogen and oxygen atoms in total. The lowest BCUT2D eigenvalue weighted by molar-refractivity contribution is 0.112. The van der Waals surface area contributed by atoms with Crippen molar-refractivity contribution in [1.82, 2.24) is 4.40 Å². The summed E-state index contributed by atoms with van der Waals surface area (Å²) in [5, 5.41) is 1.97. The van der Waals surface area contributed by atoms with Crippen molar-refractivity contribution in [3.05, 3.63) is 28.9 Å². The number of carbonyl (C=O) groups is 1. The predicted molar refractivity (Wildman–Crippen MR) is 45.4 cm³/mol. The summed E-state index contributed by atoms with van der Waals surface area (Å²) in [6, 6.07) is 0. The van der Waals surface area contributed by atoms with Gasteiger partial charge < -0.3 is 4.40 Å². The molecule has 0 aliphatic carbocycles. The van der Waals surface area contributed by atoms with E-state index in [9.17, 15) is 4.79 Å². The summed E-state index contributed by atoms with van der Waals surface area (Å²) in [7, 11) is 0. The van der Waals surface area contributed by atoms with Gasteiger partial charge >= 0.3 is 0 Å². The molecule has 0 aliphatic heterocycles. The third-order valence-electron chi connectivity index (χ3n) is 1.74. The molecule has 2 heterocycles. The fourth-order valence-corrected chi connectivity index (χ4v) is 2.08. The molecule has 0 radical (unpaired) electrons. The summed E-state index contributed by atoms with van der Waals surface area (Å²) in [4.78, 5) is 11.6. The van der Waals surface area contributed by atoms with Crippen molar-refractivity contribution in [3.8, 4) is 0 Å². The van der Waals surface area contributed by atoms with Crippen LogP contribution >= 0.6 is 11.3 Å². The molecule has 0 bridgehead atoms. The minimum atomic E-state index is 0.819. The third-order valence-corrected chi connectivity index (χ3v) is 2.65. The molecule has 0 atom stereocenters. The van der Waals surface area contributed by atoms with E-state index < -0.39 is 0 Å². The van der Waals surface area contributed by atoms with E-state index in [4.69, 9.17) is 0 Å². The van der Waals surface area contributed by atoms with Crippen molar-refractivity contribution in [2.45, 2.75) is 6.92 Å². The summed E-state index contributed by atoms with van der Waals surface area (Å²) in [6.45, 7) is 1.95. The molecular formula is C8H7NOS. The predicted octanol–water partition coefficient (Wildman–Crippen LogP) is 2.12. The number of fused-ring (bicyclic) bond motifs is 1. The zero-order chi connectivity index (χ0) is 7.84. The van der Waals surface area contributed by atoms with E-state index in [0.717, 1.165) is 22.2 Å². The molecule has 0 fully saturated rings. The van der Waals surface area contributed by atoms with Gasteiger partial charge in [-0.2, -0.15) is 0 Å². The molecule has 0 N–H and O–H groups in total. The van der Waals surface area contributed by atoms with Gasteiger partial charge in [0.1, 0.15) is 4.83 Å². The molecule has 0 unspecified atom stereocenters. The average Bonchev–Trinajstić information content (AvgIpc) is 2.46. The first-order chi connectivity index (χ1) is 5.33. The Bertz CT molecular complexity index is 399. The standard InChI is InChI=1S/C8H7NOS/c1-6-4-9-2-3-11-8(9)7(6)5-10/h2-5H,1H3. The van der Waals surface area contributed by atoms with Gasteiger partial charge in [-0.25, -0.2) is 0 Å². The zero-order valence-electron chi connectivity index (χ0n) is 6.07. The van der Waals surface area contributed by atoms with Crippen molar-refractivity contribution in [2.75, 3.05) is 0 Å². The lowest BCUT2D eigenvalue weighted by Gasteiger charge is -1.82. The summed E-state index contributed by atoms with van der Waals surface area (Å²) in [6.07, 6.45) is 4.84. The zero-order valence-corrected chi connectivity index (χ0v) is 6.89. The Hall–Kier alpha value is -1.09. The number of hydrogen-bond acceptors (Lipinski definition) is 2. The first-order valence-corrected chi connectivity index (χ1v) is 4.21. The summed E-state index contributed by atoms with van der Waals surface area (Å²) in [5.41, 5.74) is 1.87. The Morgan fingerprint density at radius 3 is 3.18 bits per heavy atom. The van der Waals surface area contributed by atoms with Gasteiger partial charge in [-0.1, -0.05) is 0 Å². The molecule has 0 spiro atoms. The first-order valence-electron chi connectivity index (χ1n) is 3.33. The molecular weight excluding hydrogens is 158 g/mol. The molecule has 11 heavy (non-hydrogen) atoms. The van der Waals surface area contributed by atoms with Crippen LogP contribution in [0.1, 0.15) is 15.9 Å². The number of rotatable bonds is 1. The highest BCUT2D eigenvalue weighted by molar-refractivity contribution is 7.15. The number of aldehydes is 1. The highest BCUT2D eigenvalue weighted by atomic mass is 32.1. The maximum absolute atomic E-state index is 10.6. The van der Waals surface area contributed by atoms with Gasteiger partial charge in [-0.05, 0) is 12.5 Å². The SMILES string of the molecule is Cc1cn2ccsc2c1C=O. The highest BCUT2D eigenvalue weighted by Crippen LogP contribution is 2.20. The van der Waals surface area contributed by atoms with E-state index in [1.165, 1.54) is 0 Å². The van der Waals surface area contributed by atoms with Gasteiger partial charge in [0.2, 0.25) is 0 Å². The largest absolute Gasteiger partial charge is 0.314 e. The second-order valence-electron chi connectivity index (χ2n) is 2.46. The van der Waals surface area contributed by atoms with E-state index in [1.807, 2.05) is 29.1 Å². The summed E-state index contributed by atoms with van der Waals surface area (Å²) >= 11 is 1.59. The topological polar surface area (TPSA) is 21.5 Å². The molecule has 56 valence electrons. The van der Waals surface area contributed by atoms with Crippen molar-refractivity contribution in [3.63, 3.8) is 0 Å².